The Morgan fingerprint density at radius 3 is 2.24 bits per heavy atom. The third-order valence-corrected chi connectivity index (χ3v) is 4.79. The van der Waals surface area contributed by atoms with Gasteiger partial charge in [0.05, 0.1) is 11.7 Å². The Kier molecular flexibility index (Phi) is 5.03. The van der Waals surface area contributed by atoms with E-state index in [0.29, 0.717) is 16.3 Å². The molecule has 3 unspecified atom stereocenters. The summed E-state index contributed by atoms with van der Waals surface area (Å²) in [7, 11) is 0. The standard InChI is InChI=1S/C16H20BrF3O/c1-9-5-10(2)7-11(6-9)15(21)13-4-3-12(17)8-14(13)16(18,19)20/h3-4,8-11,15,21H,5-7H2,1-2H3. The van der Waals surface area contributed by atoms with Crippen LogP contribution in [0.5, 0.6) is 0 Å². The minimum atomic E-state index is -4.45. The lowest BCUT2D eigenvalue weighted by Crippen LogP contribution is -2.26. The van der Waals surface area contributed by atoms with Crippen LogP contribution in [0.2, 0.25) is 0 Å². The normalized spacial score (nSPS) is 28.4. The van der Waals surface area contributed by atoms with Gasteiger partial charge in [0.1, 0.15) is 0 Å². The third-order valence-electron chi connectivity index (χ3n) is 4.30. The van der Waals surface area contributed by atoms with Crippen molar-refractivity contribution in [2.75, 3.05) is 0 Å². The highest BCUT2D eigenvalue weighted by atomic mass is 79.9. The van der Waals surface area contributed by atoms with Crippen molar-refractivity contribution in [1.82, 2.24) is 0 Å². The van der Waals surface area contributed by atoms with Crippen LogP contribution in [0.15, 0.2) is 22.7 Å². The molecule has 0 heterocycles. The van der Waals surface area contributed by atoms with Crippen LogP contribution in [0.25, 0.3) is 0 Å². The first-order valence-electron chi connectivity index (χ1n) is 7.23. The van der Waals surface area contributed by atoms with Gasteiger partial charge in [0, 0.05) is 4.47 Å². The van der Waals surface area contributed by atoms with E-state index in [-0.39, 0.29) is 11.5 Å². The Balaban J connectivity index is 2.32. The van der Waals surface area contributed by atoms with Gasteiger partial charge in [-0.15, -0.1) is 0 Å². The molecule has 0 aliphatic heterocycles. The van der Waals surface area contributed by atoms with Gasteiger partial charge in [-0.05, 0) is 54.7 Å². The lowest BCUT2D eigenvalue weighted by Gasteiger charge is -2.35. The molecule has 5 heteroatoms. The van der Waals surface area contributed by atoms with Crippen LogP contribution in [0, 0.1) is 17.8 Å². The number of hydrogen-bond donors (Lipinski definition) is 1. The van der Waals surface area contributed by atoms with E-state index in [9.17, 15) is 18.3 Å². The quantitative estimate of drug-likeness (QED) is 0.726. The van der Waals surface area contributed by atoms with Crippen LogP contribution >= 0.6 is 15.9 Å². The summed E-state index contributed by atoms with van der Waals surface area (Å²) in [4.78, 5) is 0. The van der Waals surface area contributed by atoms with Crippen LogP contribution < -0.4 is 0 Å². The zero-order valence-electron chi connectivity index (χ0n) is 12.1. The van der Waals surface area contributed by atoms with Gasteiger partial charge >= 0.3 is 6.18 Å². The number of halogens is 4. The second-order valence-electron chi connectivity index (χ2n) is 6.35. The summed E-state index contributed by atoms with van der Waals surface area (Å²) in [6, 6.07) is 4.00. The van der Waals surface area contributed by atoms with E-state index in [0.717, 1.165) is 25.3 Å². The molecule has 0 amide bonds. The fraction of sp³-hybridized carbons (Fsp3) is 0.625. The molecule has 0 bridgehead atoms. The predicted octanol–water partition coefficient (Wildman–Crippen LogP) is 5.57. The molecule has 3 atom stereocenters. The minimum Gasteiger partial charge on any atom is -0.388 e. The van der Waals surface area contributed by atoms with Crippen molar-refractivity contribution in [2.24, 2.45) is 17.8 Å². The fourth-order valence-electron chi connectivity index (χ4n) is 3.55. The van der Waals surface area contributed by atoms with Crippen molar-refractivity contribution < 1.29 is 18.3 Å². The summed E-state index contributed by atoms with van der Waals surface area (Å²) >= 11 is 3.07. The fourth-order valence-corrected chi connectivity index (χ4v) is 3.91. The molecule has 0 radical (unpaired) electrons. The van der Waals surface area contributed by atoms with Crippen LogP contribution in [0.3, 0.4) is 0 Å². The van der Waals surface area contributed by atoms with Gasteiger partial charge in [0.15, 0.2) is 0 Å². The van der Waals surface area contributed by atoms with Crippen molar-refractivity contribution >= 4 is 15.9 Å². The van der Waals surface area contributed by atoms with E-state index in [1.807, 2.05) is 0 Å². The van der Waals surface area contributed by atoms with Crippen LogP contribution in [0.1, 0.15) is 50.3 Å². The molecule has 21 heavy (non-hydrogen) atoms. The molecule has 0 saturated heterocycles. The Bertz CT molecular complexity index is 491. The van der Waals surface area contributed by atoms with E-state index in [4.69, 9.17) is 0 Å². The van der Waals surface area contributed by atoms with Crippen molar-refractivity contribution in [3.05, 3.63) is 33.8 Å². The molecule has 1 aromatic rings. The van der Waals surface area contributed by atoms with Gasteiger partial charge in [-0.3, -0.25) is 0 Å². The number of benzene rings is 1. The van der Waals surface area contributed by atoms with Crippen molar-refractivity contribution in [3.63, 3.8) is 0 Å². The number of hydrogen-bond acceptors (Lipinski definition) is 1. The second kappa shape index (κ2) is 6.29. The number of aliphatic hydroxyl groups excluding tert-OH is 1. The topological polar surface area (TPSA) is 20.2 Å². The van der Waals surface area contributed by atoms with Crippen LogP contribution in [-0.2, 0) is 6.18 Å². The average molecular weight is 365 g/mol. The van der Waals surface area contributed by atoms with Gasteiger partial charge in [0.25, 0.3) is 0 Å². The van der Waals surface area contributed by atoms with Gasteiger partial charge < -0.3 is 5.11 Å². The van der Waals surface area contributed by atoms with Gasteiger partial charge in [-0.1, -0.05) is 35.8 Å². The summed E-state index contributed by atoms with van der Waals surface area (Å²) in [6.45, 7) is 4.20. The number of rotatable bonds is 2. The number of aliphatic hydroxyl groups is 1. The summed E-state index contributed by atoms with van der Waals surface area (Å²) < 4.78 is 39.9. The lowest BCUT2D eigenvalue weighted by molar-refractivity contribution is -0.139. The molecular formula is C16H20BrF3O. The first-order chi connectivity index (χ1) is 9.68. The molecule has 1 fully saturated rings. The van der Waals surface area contributed by atoms with E-state index >= 15 is 0 Å². The maximum absolute atomic E-state index is 13.2. The maximum atomic E-state index is 13.2. The molecule has 1 aliphatic rings. The highest BCUT2D eigenvalue weighted by Crippen LogP contribution is 2.43. The van der Waals surface area contributed by atoms with E-state index in [1.54, 1.807) is 6.07 Å². The molecule has 1 saturated carbocycles. The van der Waals surface area contributed by atoms with Crippen molar-refractivity contribution in [1.29, 1.82) is 0 Å². The number of alkyl halides is 3. The first kappa shape index (κ1) is 16.8. The Labute approximate surface area is 131 Å². The Hall–Kier alpha value is -0.550. The summed E-state index contributed by atoms with van der Waals surface area (Å²) in [6.07, 6.45) is -2.88. The summed E-state index contributed by atoms with van der Waals surface area (Å²) in [5.41, 5.74) is -0.743. The van der Waals surface area contributed by atoms with Gasteiger partial charge in [-0.25, -0.2) is 0 Å². The van der Waals surface area contributed by atoms with Crippen molar-refractivity contribution in [3.8, 4) is 0 Å². The SMILES string of the molecule is CC1CC(C)CC(C(O)c2ccc(Br)cc2C(F)(F)F)C1. The lowest BCUT2D eigenvalue weighted by atomic mass is 9.73. The smallest absolute Gasteiger partial charge is 0.388 e. The Morgan fingerprint density at radius 1 is 1.14 bits per heavy atom. The minimum absolute atomic E-state index is 0.00278. The average Bonchev–Trinajstić information content (AvgIpc) is 2.35. The van der Waals surface area contributed by atoms with E-state index in [1.165, 1.54) is 6.07 Å². The molecule has 1 aliphatic carbocycles. The zero-order chi connectivity index (χ0) is 15.8. The highest BCUT2D eigenvalue weighted by molar-refractivity contribution is 9.10. The molecule has 0 aromatic heterocycles. The highest BCUT2D eigenvalue weighted by Gasteiger charge is 2.38. The second-order valence-corrected chi connectivity index (χ2v) is 7.27. The molecule has 0 spiro atoms. The third kappa shape index (κ3) is 4.01. The molecule has 118 valence electrons. The molecule has 2 rings (SSSR count). The van der Waals surface area contributed by atoms with E-state index < -0.39 is 17.8 Å². The molecular weight excluding hydrogens is 345 g/mol. The van der Waals surface area contributed by atoms with Gasteiger partial charge in [-0.2, -0.15) is 13.2 Å². The monoisotopic (exact) mass is 364 g/mol. The van der Waals surface area contributed by atoms with Crippen LogP contribution in [0.4, 0.5) is 13.2 Å². The maximum Gasteiger partial charge on any atom is 0.416 e. The summed E-state index contributed by atoms with van der Waals surface area (Å²) in [5, 5.41) is 10.5. The predicted molar refractivity (Wildman–Crippen MR) is 79.8 cm³/mol. The van der Waals surface area contributed by atoms with Crippen LogP contribution in [-0.4, -0.2) is 5.11 Å². The van der Waals surface area contributed by atoms with Gasteiger partial charge in [0.2, 0.25) is 0 Å². The molecule has 1 N–H and O–H groups in total. The Morgan fingerprint density at radius 2 is 1.71 bits per heavy atom. The largest absolute Gasteiger partial charge is 0.416 e. The summed E-state index contributed by atoms with van der Waals surface area (Å²) in [5.74, 6) is 0.780. The van der Waals surface area contributed by atoms with E-state index in [2.05, 4.69) is 29.8 Å². The first-order valence-corrected chi connectivity index (χ1v) is 8.02. The zero-order valence-corrected chi connectivity index (χ0v) is 13.7. The molecule has 1 nitrogen and oxygen atoms in total. The van der Waals surface area contributed by atoms with Crippen molar-refractivity contribution in [2.45, 2.75) is 45.4 Å². The molecule has 1 aromatic carbocycles.